The minimum atomic E-state index is -0.687. The number of ether oxygens (including phenoxy) is 1. The topological polar surface area (TPSA) is 108 Å². The van der Waals surface area contributed by atoms with Gasteiger partial charge in [-0.05, 0) is 58.1 Å². The van der Waals surface area contributed by atoms with Crippen molar-refractivity contribution in [1.82, 2.24) is 14.7 Å². The van der Waals surface area contributed by atoms with Crippen LogP contribution < -0.4 is 10.2 Å². The second kappa shape index (κ2) is 7.92. The molecule has 0 amide bonds. The predicted octanol–water partition coefficient (Wildman–Crippen LogP) is 2.62. The van der Waals surface area contributed by atoms with Crippen molar-refractivity contribution in [1.29, 1.82) is 0 Å². The number of benzene rings is 2. The molecule has 1 N–H and O–H groups in total. The SMILES string of the molecule is COc1ccc(-n2nc([N+](=O)[O-])c(=NCCc3ccc(Cl)cc3)n2O)cc1. The standard InChI is InChI=1S/C17H16ClN5O4/c1-27-15-8-6-14(7-9-15)21-20-17(23(25)26)16(22(21)24)19-11-10-12-2-4-13(18)5-3-12/h2-9,24H,10-11H2,1H3. The summed E-state index contributed by atoms with van der Waals surface area (Å²) in [6, 6.07) is 13.7. The monoisotopic (exact) mass is 389 g/mol. The lowest BCUT2D eigenvalue weighted by Gasteiger charge is -2.02. The third-order valence-corrected chi connectivity index (χ3v) is 4.06. The second-order valence-electron chi connectivity index (χ2n) is 5.54. The summed E-state index contributed by atoms with van der Waals surface area (Å²) in [5.74, 6) is 0.0715. The van der Waals surface area contributed by atoms with Crippen molar-refractivity contribution in [3.63, 3.8) is 0 Å². The molecule has 0 saturated heterocycles. The Morgan fingerprint density at radius 3 is 2.48 bits per heavy atom. The van der Waals surface area contributed by atoms with Crippen LogP contribution in [0.15, 0.2) is 53.5 Å². The number of rotatable bonds is 6. The maximum absolute atomic E-state index is 11.3. The van der Waals surface area contributed by atoms with Crippen molar-refractivity contribution in [2.75, 3.05) is 13.7 Å². The molecule has 0 aliphatic carbocycles. The van der Waals surface area contributed by atoms with Crippen molar-refractivity contribution in [3.05, 3.63) is 74.7 Å². The molecular formula is C17H16ClN5O4. The van der Waals surface area contributed by atoms with Gasteiger partial charge < -0.3 is 20.1 Å². The van der Waals surface area contributed by atoms with Gasteiger partial charge in [0.05, 0.1) is 12.2 Å². The summed E-state index contributed by atoms with van der Waals surface area (Å²) in [5, 5.41) is 26.1. The van der Waals surface area contributed by atoms with Gasteiger partial charge in [0.2, 0.25) is 0 Å². The Hall–Kier alpha value is -3.33. The lowest BCUT2D eigenvalue weighted by atomic mass is 10.1. The molecule has 0 unspecified atom stereocenters. The lowest BCUT2D eigenvalue weighted by molar-refractivity contribution is -0.391. The van der Waals surface area contributed by atoms with E-state index < -0.39 is 10.7 Å². The molecule has 3 aromatic rings. The molecule has 1 aromatic heterocycles. The maximum Gasteiger partial charge on any atom is 0.438 e. The minimum absolute atomic E-state index is 0.232. The number of halogens is 1. The summed E-state index contributed by atoms with van der Waals surface area (Å²) in [4.78, 5) is 16.3. The fourth-order valence-corrected chi connectivity index (χ4v) is 2.56. The van der Waals surface area contributed by atoms with Gasteiger partial charge in [0.25, 0.3) is 5.49 Å². The molecule has 27 heavy (non-hydrogen) atoms. The summed E-state index contributed by atoms with van der Waals surface area (Å²) < 4.78 is 5.07. The zero-order chi connectivity index (χ0) is 19.4. The molecule has 10 heteroatoms. The quantitative estimate of drug-likeness (QED) is 0.396. The Balaban J connectivity index is 1.92. The predicted molar refractivity (Wildman–Crippen MR) is 97.5 cm³/mol. The van der Waals surface area contributed by atoms with Gasteiger partial charge >= 0.3 is 5.82 Å². The molecule has 3 rings (SSSR count). The summed E-state index contributed by atoms with van der Waals surface area (Å²) in [6.45, 7) is 0.233. The first-order valence-corrected chi connectivity index (χ1v) is 8.33. The molecule has 2 aromatic carbocycles. The molecule has 0 aliphatic rings. The number of aromatic nitrogens is 3. The van der Waals surface area contributed by atoms with Gasteiger partial charge in [-0.2, -0.15) is 0 Å². The smallest absolute Gasteiger partial charge is 0.438 e. The van der Waals surface area contributed by atoms with E-state index in [0.29, 0.717) is 27.7 Å². The van der Waals surface area contributed by atoms with Crippen molar-refractivity contribution < 1.29 is 14.9 Å². The maximum atomic E-state index is 11.3. The van der Waals surface area contributed by atoms with Gasteiger partial charge in [-0.25, -0.2) is 0 Å². The van der Waals surface area contributed by atoms with E-state index in [4.69, 9.17) is 16.3 Å². The molecule has 0 spiro atoms. The van der Waals surface area contributed by atoms with E-state index in [1.54, 1.807) is 36.4 Å². The third-order valence-electron chi connectivity index (χ3n) is 3.81. The fourth-order valence-electron chi connectivity index (χ4n) is 2.43. The molecule has 1 heterocycles. The van der Waals surface area contributed by atoms with Crippen molar-refractivity contribution in [2.24, 2.45) is 4.99 Å². The van der Waals surface area contributed by atoms with E-state index in [2.05, 4.69) is 10.1 Å². The number of nitro groups is 1. The van der Waals surface area contributed by atoms with Gasteiger partial charge in [-0.3, -0.25) is 4.99 Å². The van der Waals surface area contributed by atoms with Gasteiger partial charge in [0.1, 0.15) is 11.4 Å². The van der Waals surface area contributed by atoms with E-state index >= 15 is 0 Å². The minimum Gasteiger partial charge on any atom is -0.497 e. The molecule has 0 aliphatic heterocycles. The molecular weight excluding hydrogens is 374 g/mol. The number of methoxy groups -OCH3 is 1. The molecule has 0 atom stereocenters. The normalized spacial score (nSPS) is 11.6. The summed E-state index contributed by atoms with van der Waals surface area (Å²) >= 11 is 5.84. The summed E-state index contributed by atoms with van der Waals surface area (Å²) in [6.07, 6.45) is 0.530. The van der Waals surface area contributed by atoms with E-state index in [-0.39, 0.29) is 12.0 Å². The van der Waals surface area contributed by atoms with E-state index in [1.165, 1.54) is 7.11 Å². The first kappa shape index (κ1) is 18.5. The Bertz CT molecular complexity index is 1010. The van der Waals surface area contributed by atoms with Crippen molar-refractivity contribution in [2.45, 2.75) is 6.42 Å². The molecule has 0 fully saturated rings. The molecule has 0 bridgehead atoms. The van der Waals surface area contributed by atoms with Gasteiger partial charge in [0, 0.05) is 11.6 Å². The van der Waals surface area contributed by atoms with Crippen LogP contribution in [0.25, 0.3) is 5.69 Å². The van der Waals surface area contributed by atoms with Crippen LogP contribution in [0.5, 0.6) is 5.75 Å². The van der Waals surface area contributed by atoms with Crippen LogP contribution in [-0.4, -0.2) is 38.5 Å². The largest absolute Gasteiger partial charge is 0.497 e. The average molecular weight is 390 g/mol. The zero-order valence-electron chi connectivity index (χ0n) is 14.3. The van der Waals surface area contributed by atoms with Crippen LogP contribution in [0.4, 0.5) is 5.82 Å². The number of hydrogen-bond donors (Lipinski definition) is 1. The molecule has 140 valence electrons. The van der Waals surface area contributed by atoms with E-state index in [0.717, 1.165) is 10.4 Å². The van der Waals surface area contributed by atoms with E-state index in [9.17, 15) is 15.3 Å². The summed E-state index contributed by atoms with van der Waals surface area (Å²) in [7, 11) is 1.53. The summed E-state index contributed by atoms with van der Waals surface area (Å²) in [5.41, 5.74) is 1.16. The van der Waals surface area contributed by atoms with Crippen molar-refractivity contribution >= 4 is 17.4 Å². The second-order valence-corrected chi connectivity index (χ2v) is 5.98. The third kappa shape index (κ3) is 4.09. The highest BCUT2D eigenvalue weighted by Crippen LogP contribution is 2.14. The van der Waals surface area contributed by atoms with Crippen molar-refractivity contribution in [3.8, 4) is 11.4 Å². The average Bonchev–Trinajstić information content (AvgIpc) is 3.00. The van der Waals surface area contributed by atoms with Gasteiger partial charge in [-0.15, -0.1) is 0 Å². The Kier molecular flexibility index (Phi) is 5.41. The molecule has 0 saturated carbocycles. The highest BCUT2D eigenvalue weighted by atomic mass is 35.5. The highest BCUT2D eigenvalue weighted by Gasteiger charge is 2.23. The molecule has 9 nitrogen and oxygen atoms in total. The Morgan fingerprint density at radius 1 is 1.22 bits per heavy atom. The first-order chi connectivity index (χ1) is 13.0. The number of nitrogens with zero attached hydrogens (tertiary/aromatic N) is 5. The van der Waals surface area contributed by atoms with E-state index in [1.807, 2.05) is 12.1 Å². The first-order valence-electron chi connectivity index (χ1n) is 7.95. The van der Waals surface area contributed by atoms with Gasteiger partial charge in [-0.1, -0.05) is 28.6 Å². The fraction of sp³-hybridized carbons (Fsp3) is 0.176. The van der Waals surface area contributed by atoms with Crippen LogP contribution in [0.1, 0.15) is 5.56 Å². The van der Waals surface area contributed by atoms with Crippen LogP contribution in [-0.2, 0) is 6.42 Å². The molecule has 0 radical (unpaired) electrons. The van der Waals surface area contributed by atoms with Crippen LogP contribution >= 0.6 is 11.6 Å². The van der Waals surface area contributed by atoms with Crippen LogP contribution in [0.2, 0.25) is 5.02 Å². The zero-order valence-corrected chi connectivity index (χ0v) is 15.1. The number of hydrogen-bond acceptors (Lipinski definition) is 6. The van der Waals surface area contributed by atoms with Gasteiger partial charge in [0.15, 0.2) is 0 Å². The lowest BCUT2D eigenvalue weighted by Crippen LogP contribution is -2.23. The van der Waals surface area contributed by atoms with Crippen LogP contribution in [0.3, 0.4) is 0 Å². The Morgan fingerprint density at radius 2 is 1.89 bits per heavy atom. The Labute approximate surface area is 158 Å². The van der Waals surface area contributed by atoms with Crippen LogP contribution in [0, 0.1) is 10.1 Å². The highest BCUT2D eigenvalue weighted by molar-refractivity contribution is 6.30.